The van der Waals surface area contributed by atoms with E-state index in [1.165, 1.54) is 4.90 Å². The van der Waals surface area contributed by atoms with Crippen molar-refractivity contribution < 1.29 is 14.7 Å². The second-order valence-corrected chi connectivity index (χ2v) is 5.27. The number of carbonyl (C=O) groups excluding carboxylic acids is 2. The Morgan fingerprint density at radius 1 is 1.14 bits per heavy atom. The zero-order chi connectivity index (χ0) is 15.7. The van der Waals surface area contributed by atoms with Crippen LogP contribution in [0, 0.1) is 11.3 Å². The lowest BCUT2D eigenvalue weighted by molar-refractivity contribution is -0.115. The summed E-state index contributed by atoms with van der Waals surface area (Å²) >= 11 is 0. The zero-order valence-electron chi connectivity index (χ0n) is 11.9. The Morgan fingerprint density at radius 2 is 1.95 bits per heavy atom. The minimum Gasteiger partial charge on any atom is -0.510 e. The second-order valence-electron chi connectivity index (χ2n) is 5.27. The van der Waals surface area contributed by atoms with Gasteiger partial charge in [-0.15, -0.1) is 0 Å². The van der Waals surface area contributed by atoms with E-state index in [2.05, 4.69) is 0 Å². The van der Waals surface area contributed by atoms with Crippen molar-refractivity contribution in [1.29, 1.82) is 5.26 Å². The number of ketones is 2. The van der Waals surface area contributed by atoms with Gasteiger partial charge in [0.1, 0.15) is 11.5 Å². The van der Waals surface area contributed by atoms with E-state index in [4.69, 9.17) is 5.26 Å². The fraction of sp³-hybridized carbons (Fsp3) is 0.235. The number of carbonyl (C=O) groups is 2. The van der Waals surface area contributed by atoms with Gasteiger partial charge in [0, 0.05) is 24.9 Å². The van der Waals surface area contributed by atoms with Crippen molar-refractivity contribution in [2.75, 3.05) is 4.90 Å². The highest BCUT2D eigenvalue weighted by Crippen LogP contribution is 2.34. The van der Waals surface area contributed by atoms with Crippen molar-refractivity contribution in [3.8, 4) is 6.07 Å². The van der Waals surface area contributed by atoms with Crippen molar-refractivity contribution in [2.24, 2.45) is 0 Å². The Hall–Kier alpha value is -2.87. The van der Waals surface area contributed by atoms with E-state index in [0.717, 1.165) is 0 Å². The number of rotatable bonds is 3. The fourth-order valence-corrected chi connectivity index (χ4v) is 2.78. The molecule has 0 amide bonds. The summed E-state index contributed by atoms with van der Waals surface area (Å²) in [5, 5.41) is 19.1. The van der Waals surface area contributed by atoms with Crippen LogP contribution in [0.3, 0.4) is 0 Å². The molecule has 1 aromatic rings. The Morgan fingerprint density at radius 3 is 2.55 bits per heavy atom. The molecule has 0 heterocycles. The zero-order valence-corrected chi connectivity index (χ0v) is 11.9. The number of hydrogen-bond acceptors (Lipinski definition) is 5. The van der Waals surface area contributed by atoms with Crippen LogP contribution in [0.2, 0.25) is 0 Å². The Bertz CT molecular complexity index is 768. The largest absolute Gasteiger partial charge is 0.510 e. The second kappa shape index (κ2) is 5.49. The number of nitrogens with zero attached hydrogens (tertiary/aromatic N) is 2. The SMILES string of the molecule is N#Cc1cccc(N(C2=CCCC2=O)C2=C(O)CCC2=O)c1. The highest BCUT2D eigenvalue weighted by atomic mass is 16.3. The molecule has 0 fully saturated rings. The highest BCUT2D eigenvalue weighted by Gasteiger charge is 2.34. The number of benzene rings is 1. The molecule has 5 heteroatoms. The highest BCUT2D eigenvalue weighted by molar-refractivity contribution is 6.08. The van der Waals surface area contributed by atoms with Gasteiger partial charge in [0.25, 0.3) is 0 Å². The lowest BCUT2D eigenvalue weighted by atomic mass is 10.1. The summed E-state index contributed by atoms with van der Waals surface area (Å²) in [6.45, 7) is 0. The summed E-state index contributed by atoms with van der Waals surface area (Å²) < 4.78 is 0. The van der Waals surface area contributed by atoms with E-state index in [0.29, 0.717) is 29.8 Å². The quantitative estimate of drug-likeness (QED) is 0.927. The predicted molar refractivity (Wildman–Crippen MR) is 79.9 cm³/mol. The monoisotopic (exact) mass is 294 g/mol. The molecule has 0 saturated carbocycles. The number of nitriles is 1. The molecule has 3 rings (SSSR count). The number of aliphatic hydroxyl groups excluding tert-OH is 1. The predicted octanol–water partition coefficient (Wildman–Crippen LogP) is 2.74. The van der Waals surface area contributed by atoms with E-state index >= 15 is 0 Å². The van der Waals surface area contributed by atoms with Gasteiger partial charge < -0.3 is 10.0 Å². The maximum Gasteiger partial charge on any atom is 0.183 e. The summed E-state index contributed by atoms with van der Waals surface area (Å²) in [7, 11) is 0. The summed E-state index contributed by atoms with van der Waals surface area (Å²) in [6.07, 6.45) is 3.30. The van der Waals surface area contributed by atoms with Gasteiger partial charge >= 0.3 is 0 Å². The maximum absolute atomic E-state index is 12.2. The van der Waals surface area contributed by atoms with E-state index < -0.39 is 0 Å². The first kappa shape index (κ1) is 14.1. The van der Waals surface area contributed by atoms with Gasteiger partial charge in [-0.05, 0) is 24.6 Å². The summed E-state index contributed by atoms with van der Waals surface area (Å²) in [4.78, 5) is 25.8. The molecule has 0 spiro atoms. The van der Waals surface area contributed by atoms with Gasteiger partial charge in [-0.25, -0.2) is 0 Å². The first-order chi connectivity index (χ1) is 10.6. The third-order valence-corrected chi connectivity index (χ3v) is 3.82. The van der Waals surface area contributed by atoms with Crippen LogP contribution in [-0.2, 0) is 9.59 Å². The average molecular weight is 294 g/mol. The average Bonchev–Trinajstić information content (AvgIpc) is 3.08. The molecule has 0 radical (unpaired) electrons. The third-order valence-electron chi connectivity index (χ3n) is 3.82. The van der Waals surface area contributed by atoms with Gasteiger partial charge in [-0.2, -0.15) is 5.26 Å². The number of aliphatic hydroxyl groups is 1. The summed E-state index contributed by atoms with van der Waals surface area (Å²) in [5.41, 5.74) is 1.51. The molecule has 110 valence electrons. The lowest BCUT2D eigenvalue weighted by Gasteiger charge is -2.26. The number of hydrogen-bond donors (Lipinski definition) is 1. The molecule has 0 atom stereocenters. The van der Waals surface area contributed by atoms with Crippen LogP contribution in [0.25, 0.3) is 0 Å². The van der Waals surface area contributed by atoms with Crippen LogP contribution < -0.4 is 4.90 Å². The van der Waals surface area contributed by atoms with E-state index in [9.17, 15) is 14.7 Å². The van der Waals surface area contributed by atoms with Crippen molar-refractivity contribution in [3.63, 3.8) is 0 Å². The third kappa shape index (κ3) is 2.29. The van der Waals surface area contributed by atoms with E-state index in [-0.39, 0.29) is 35.9 Å². The summed E-state index contributed by atoms with van der Waals surface area (Å²) in [5.74, 6) is -0.268. The van der Waals surface area contributed by atoms with Crippen LogP contribution in [0.4, 0.5) is 5.69 Å². The minimum atomic E-state index is -0.194. The molecule has 0 aromatic heterocycles. The molecule has 0 saturated heterocycles. The molecule has 2 aliphatic rings. The van der Waals surface area contributed by atoms with Crippen LogP contribution in [0.15, 0.2) is 47.5 Å². The molecule has 1 aromatic carbocycles. The van der Waals surface area contributed by atoms with Gasteiger partial charge in [0.15, 0.2) is 11.6 Å². The maximum atomic E-state index is 12.2. The van der Waals surface area contributed by atoms with Crippen LogP contribution >= 0.6 is 0 Å². The van der Waals surface area contributed by atoms with Crippen LogP contribution in [0.1, 0.15) is 31.2 Å². The molecule has 5 nitrogen and oxygen atoms in total. The topological polar surface area (TPSA) is 81.4 Å². The Kier molecular flexibility index (Phi) is 3.51. The lowest BCUT2D eigenvalue weighted by Crippen LogP contribution is -2.28. The van der Waals surface area contributed by atoms with Gasteiger partial charge in [0.05, 0.1) is 17.3 Å². The first-order valence-corrected chi connectivity index (χ1v) is 7.11. The van der Waals surface area contributed by atoms with Crippen molar-refractivity contribution in [1.82, 2.24) is 0 Å². The van der Waals surface area contributed by atoms with E-state index in [1.54, 1.807) is 30.3 Å². The molecule has 22 heavy (non-hydrogen) atoms. The minimum absolute atomic E-state index is 0.00652. The smallest absolute Gasteiger partial charge is 0.183 e. The van der Waals surface area contributed by atoms with Gasteiger partial charge in [-0.3, -0.25) is 9.59 Å². The van der Waals surface area contributed by atoms with Crippen LogP contribution in [-0.4, -0.2) is 16.7 Å². The number of anilines is 1. The molecule has 0 unspecified atom stereocenters. The van der Waals surface area contributed by atoms with Crippen molar-refractivity contribution in [2.45, 2.75) is 25.7 Å². The molecule has 1 N–H and O–H groups in total. The first-order valence-electron chi connectivity index (χ1n) is 7.11. The van der Waals surface area contributed by atoms with Crippen molar-refractivity contribution >= 4 is 17.3 Å². The van der Waals surface area contributed by atoms with E-state index in [1.807, 2.05) is 6.07 Å². The Balaban J connectivity index is 2.16. The molecular formula is C17H14N2O3. The molecule has 0 aliphatic heterocycles. The molecule has 0 bridgehead atoms. The summed E-state index contributed by atoms with van der Waals surface area (Å²) in [6, 6.07) is 8.72. The standard InChI is InChI=1S/C17H14N2O3/c18-10-11-3-1-4-12(9-11)19(13-5-2-6-14(13)20)17-15(21)7-8-16(17)22/h1,3-5,9,21H,2,6-8H2. The number of Topliss-reactive ketones (excluding diaryl/α,β-unsaturated/α-hetero) is 2. The number of allylic oxidation sites excluding steroid dienone is 4. The Labute approximate surface area is 127 Å². The fourth-order valence-electron chi connectivity index (χ4n) is 2.78. The molecule has 2 aliphatic carbocycles. The van der Waals surface area contributed by atoms with Gasteiger partial charge in [-0.1, -0.05) is 12.1 Å². The molecular weight excluding hydrogens is 280 g/mol. The van der Waals surface area contributed by atoms with Gasteiger partial charge in [0.2, 0.25) is 0 Å². The van der Waals surface area contributed by atoms with Crippen molar-refractivity contribution in [3.05, 3.63) is 53.1 Å². The van der Waals surface area contributed by atoms with Crippen LogP contribution in [0.5, 0.6) is 0 Å². The normalized spacial score (nSPS) is 17.7.